The van der Waals surface area contributed by atoms with Crippen LogP contribution in [0.15, 0.2) is 24.3 Å². The predicted molar refractivity (Wildman–Crippen MR) is 69.8 cm³/mol. The summed E-state index contributed by atoms with van der Waals surface area (Å²) in [4.78, 5) is 0. The van der Waals surface area contributed by atoms with Gasteiger partial charge >= 0.3 is 6.18 Å². The molecule has 2 unspecified atom stereocenters. The van der Waals surface area contributed by atoms with E-state index in [2.05, 4.69) is 5.32 Å². The van der Waals surface area contributed by atoms with E-state index in [4.69, 9.17) is 0 Å². The van der Waals surface area contributed by atoms with Crippen molar-refractivity contribution in [2.45, 2.75) is 50.9 Å². The first-order valence-corrected chi connectivity index (χ1v) is 6.96. The van der Waals surface area contributed by atoms with E-state index in [1.807, 2.05) is 6.92 Å². The van der Waals surface area contributed by atoms with Crippen LogP contribution in [0.5, 0.6) is 0 Å². The highest BCUT2D eigenvalue weighted by Gasteiger charge is 2.45. The molecule has 0 heterocycles. The van der Waals surface area contributed by atoms with Crippen LogP contribution in [0, 0.1) is 11.7 Å². The van der Waals surface area contributed by atoms with Gasteiger partial charge in [-0.2, -0.15) is 13.2 Å². The molecule has 1 aromatic rings. The van der Waals surface area contributed by atoms with Gasteiger partial charge in [-0.1, -0.05) is 25.0 Å². The third-order valence-electron chi connectivity index (χ3n) is 4.02. The lowest BCUT2D eigenvalue weighted by Gasteiger charge is -2.35. The number of halogens is 4. The van der Waals surface area contributed by atoms with Crippen molar-refractivity contribution >= 4 is 0 Å². The second-order valence-electron chi connectivity index (χ2n) is 5.48. The molecular weight excluding hydrogens is 270 g/mol. The van der Waals surface area contributed by atoms with Crippen molar-refractivity contribution in [2.24, 2.45) is 5.92 Å². The molecule has 0 bridgehead atoms. The molecule has 20 heavy (non-hydrogen) atoms. The Morgan fingerprint density at radius 3 is 2.30 bits per heavy atom. The molecule has 0 aromatic heterocycles. The molecule has 1 fully saturated rings. The van der Waals surface area contributed by atoms with Gasteiger partial charge in [0.05, 0.1) is 5.92 Å². The first-order chi connectivity index (χ1) is 9.38. The van der Waals surface area contributed by atoms with Crippen molar-refractivity contribution in [1.29, 1.82) is 0 Å². The van der Waals surface area contributed by atoms with E-state index in [0.717, 1.165) is 12.0 Å². The summed E-state index contributed by atoms with van der Waals surface area (Å²) >= 11 is 0. The van der Waals surface area contributed by atoms with Crippen LogP contribution >= 0.6 is 0 Å². The Balaban J connectivity index is 2.05. The van der Waals surface area contributed by atoms with Gasteiger partial charge in [0.2, 0.25) is 0 Å². The second-order valence-corrected chi connectivity index (χ2v) is 5.48. The molecular formula is C15H19F4N. The Kier molecular flexibility index (Phi) is 4.68. The van der Waals surface area contributed by atoms with Crippen LogP contribution in [-0.4, -0.2) is 12.2 Å². The summed E-state index contributed by atoms with van der Waals surface area (Å²) in [7, 11) is 0. The van der Waals surface area contributed by atoms with Gasteiger partial charge in [-0.05, 0) is 37.5 Å². The molecule has 0 aliphatic heterocycles. The Morgan fingerprint density at radius 2 is 1.70 bits per heavy atom. The fraction of sp³-hybridized carbons (Fsp3) is 0.600. The van der Waals surface area contributed by atoms with Gasteiger partial charge in [-0.25, -0.2) is 4.39 Å². The highest BCUT2D eigenvalue weighted by Crippen LogP contribution is 2.38. The lowest BCUT2D eigenvalue weighted by atomic mass is 9.83. The molecule has 2 rings (SSSR count). The van der Waals surface area contributed by atoms with Crippen LogP contribution < -0.4 is 5.32 Å². The SMILES string of the molecule is C[C@@H](NC1CCCCC1C(F)(F)F)c1ccc(F)cc1. The zero-order valence-corrected chi connectivity index (χ0v) is 11.4. The molecule has 0 radical (unpaired) electrons. The fourth-order valence-electron chi connectivity index (χ4n) is 2.89. The Hall–Kier alpha value is -1.10. The summed E-state index contributed by atoms with van der Waals surface area (Å²) in [5, 5.41) is 3.07. The number of benzene rings is 1. The minimum atomic E-state index is -4.15. The van der Waals surface area contributed by atoms with E-state index in [1.54, 1.807) is 12.1 Å². The molecule has 1 aromatic carbocycles. The van der Waals surface area contributed by atoms with Crippen LogP contribution in [0.2, 0.25) is 0 Å². The van der Waals surface area contributed by atoms with Crippen LogP contribution in [0.1, 0.15) is 44.2 Å². The number of rotatable bonds is 3. The van der Waals surface area contributed by atoms with Crippen molar-refractivity contribution in [3.8, 4) is 0 Å². The normalized spacial score (nSPS) is 25.4. The van der Waals surface area contributed by atoms with Crippen LogP contribution in [0.25, 0.3) is 0 Å². The van der Waals surface area contributed by atoms with E-state index in [1.165, 1.54) is 12.1 Å². The average molecular weight is 289 g/mol. The third kappa shape index (κ3) is 3.72. The smallest absolute Gasteiger partial charge is 0.307 e. The van der Waals surface area contributed by atoms with Crippen molar-refractivity contribution in [1.82, 2.24) is 5.32 Å². The average Bonchev–Trinajstić information content (AvgIpc) is 2.38. The minimum Gasteiger partial charge on any atom is -0.307 e. The van der Waals surface area contributed by atoms with Crippen LogP contribution in [0.4, 0.5) is 17.6 Å². The standard InChI is InChI=1S/C15H19F4N/c1-10(11-6-8-12(16)9-7-11)20-14-5-3-2-4-13(14)15(17,18)19/h6-10,13-14,20H,2-5H2,1H3/t10-,13?,14?/m1/s1. The van der Waals surface area contributed by atoms with Crippen molar-refractivity contribution in [2.75, 3.05) is 0 Å². The zero-order valence-electron chi connectivity index (χ0n) is 11.4. The lowest BCUT2D eigenvalue weighted by molar-refractivity contribution is -0.189. The van der Waals surface area contributed by atoms with E-state index in [0.29, 0.717) is 12.8 Å². The van der Waals surface area contributed by atoms with Crippen molar-refractivity contribution in [3.05, 3.63) is 35.6 Å². The van der Waals surface area contributed by atoms with Gasteiger partial charge in [0, 0.05) is 12.1 Å². The molecule has 0 spiro atoms. The highest BCUT2D eigenvalue weighted by molar-refractivity contribution is 5.19. The van der Waals surface area contributed by atoms with Gasteiger partial charge < -0.3 is 5.32 Å². The number of hydrogen-bond acceptors (Lipinski definition) is 1. The molecule has 0 amide bonds. The van der Waals surface area contributed by atoms with E-state index in [-0.39, 0.29) is 18.3 Å². The van der Waals surface area contributed by atoms with E-state index >= 15 is 0 Å². The summed E-state index contributed by atoms with van der Waals surface area (Å²) < 4.78 is 51.9. The van der Waals surface area contributed by atoms with E-state index < -0.39 is 18.1 Å². The van der Waals surface area contributed by atoms with Gasteiger partial charge in [-0.3, -0.25) is 0 Å². The molecule has 1 N–H and O–H groups in total. The van der Waals surface area contributed by atoms with Gasteiger partial charge in [0.25, 0.3) is 0 Å². The van der Waals surface area contributed by atoms with E-state index in [9.17, 15) is 17.6 Å². The molecule has 0 saturated heterocycles. The van der Waals surface area contributed by atoms with Gasteiger partial charge in [-0.15, -0.1) is 0 Å². The summed E-state index contributed by atoms with van der Waals surface area (Å²) in [6.07, 6.45) is -1.97. The summed E-state index contributed by atoms with van der Waals surface area (Å²) in [5.41, 5.74) is 0.804. The first kappa shape index (κ1) is 15.3. The molecule has 1 saturated carbocycles. The van der Waals surface area contributed by atoms with Crippen molar-refractivity contribution in [3.63, 3.8) is 0 Å². The van der Waals surface area contributed by atoms with Gasteiger partial charge in [0.15, 0.2) is 0 Å². The summed E-state index contributed by atoms with van der Waals surface area (Å²) in [6, 6.07) is 5.11. The number of hydrogen-bond donors (Lipinski definition) is 1. The molecule has 1 aliphatic rings. The molecule has 112 valence electrons. The summed E-state index contributed by atoms with van der Waals surface area (Å²) in [5.74, 6) is -1.62. The van der Waals surface area contributed by atoms with Crippen LogP contribution in [-0.2, 0) is 0 Å². The summed E-state index contributed by atoms with van der Waals surface area (Å²) in [6.45, 7) is 1.81. The third-order valence-corrected chi connectivity index (χ3v) is 4.02. The number of nitrogens with one attached hydrogen (secondary N) is 1. The Labute approximate surface area is 116 Å². The second kappa shape index (κ2) is 6.12. The predicted octanol–water partition coefficient (Wildman–Crippen LogP) is 4.60. The molecule has 1 nitrogen and oxygen atoms in total. The maximum absolute atomic E-state index is 13.0. The monoisotopic (exact) mass is 289 g/mol. The lowest BCUT2D eigenvalue weighted by Crippen LogP contribution is -2.46. The van der Waals surface area contributed by atoms with Crippen molar-refractivity contribution < 1.29 is 17.6 Å². The zero-order chi connectivity index (χ0) is 14.8. The van der Waals surface area contributed by atoms with Gasteiger partial charge in [0.1, 0.15) is 5.82 Å². The fourth-order valence-corrected chi connectivity index (χ4v) is 2.89. The Morgan fingerprint density at radius 1 is 1.10 bits per heavy atom. The first-order valence-electron chi connectivity index (χ1n) is 6.96. The topological polar surface area (TPSA) is 12.0 Å². The minimum absolute atomic E-state index is 0.192. The molecule has 5 heteroatoms. The number of alkyl halides is 3. The maximum Gasteiger partial charge on any atom is 0.393 e. The maximum atomic E-state index is 13.0. The molecule has 1 aliphatic carbocycles. The van der Waals surface area contributed by atoms with Crippen LogP contribution in [0.3, 0.4) is 0 Å². The largest absolute Gasteiger partial charge is 0.393 e. The Bertz CT molecular complexity index is 426. The quantitative estimate of drug-likeness (QED) is 0.802. The highest BCUT2D eigenvalue weighted by atomic mass is 19.4. The molecule has 3 atom stereocenters.